The van der Waals surface area contributed by atoms with Crippen molar-refractivity contribution >= 4 is 24.6 Å². The Bertz CT molecular complexity index is 700. The van der Waals surface area contributed by atoms with Gasteiger partial charge in [-0.3, -0.25) is 0 Å². The number of hydrogen-bond donors (Lipinski definition) is 0. The van der Waals surface area contributed by atoms with Crippen molar-refractivity contribution < 1.29 is 57.4 Å². The third-order valence-corrected chi connectivity index (χ3v) is 4.84. The topological polar surface area (TPSA) is 142 Å². The highest BCUT2D eigenvalue weighted by Gasteiger charge is 2.56. The standard InChI is InChI=1S/C24H42O12/c1-10-12-18(6)31-21(27)33-24(23(7,8)9,32-19(25)30-15-17(5)11-2)34-22(28)36-35-20(26)29-14-13-16(3)4/h16-18H,10-15H2,1-9H3. The Labute approximate surface area is 213 Å². The number of hydrogen-bond acceptors (Lipinski definition) is 12. The first kappa shape index (κ1) is 33.1. The lowest BCUT2D eigenvalue weighted by atomic mass is 9.93. The monoisotopic (exact) mass is 522 g/mol. The molecule has 12 heteroatoms. The molecular formula is C24H42O12. The highest BCUT2D eigenvalue weighted by molar-refractivity contribution is 5.66. The van der Waals surface area contributed by atoms with Gasteiger partial charge in [-0.2, -0.15) is 19.4 Å². The van der Waals surface area contributed by atoms with Crippen molar-refractivity contribution in [3.8, 4) is 0 Å². The molecule has 3 unspecified atom stereocenters. The van der Waals surface area contributed by atoms with E-state index in [1.54, 1.807) is 6.92 Å². The summed E-state index contributed by atoms with van der Waals surface area (Å²) in [6, 6.07) is 0. The molecule has 0 rings (SSSR count). The van der Waals surface area contributed by atoms with Gasteiger partial charge in [-0.1, -0.05) is 47.5 Å². The average molecular weight is 523 g/mol. The summed E-state index contributed by atoms with van der Waals surface area (Å²) >= 11 is 0. The molecule has 0 aliphatic rings. The van der Waals surface area contributed by atoms with Gasteiger partial charge in [-0.25, -0.2) is 9.59 Å². The van der Waals surface area contributed by atoms with Crippen LogP contribution < -0.4 is 0 Å². The Morgan fingerprint density at radius 1 is 0.722 bits per heavy atom. The number of ether oxygens (including phenoxy) is 6. The molecule has 0 spiro atoms. The molecule has 0 aromatic rings. The number of carbonyl (C=O) groups excluding carboxylic acids is 4. The Morgan fingerprint density at radius 2 is 1.28 bits per heavy atom. The highest BCUT2D eigenvalue weighted by atomic mass is 17.3. The molecule has 0 saturated carbocycles. The van der Waals surface area contributed by atoms with E-state index in [1.807, 2.05) is 34.6 Å². The predicted octanol–water partition coefficient (Wildman–Crippen LogP) is 6.49. The molecule has 210 valence electrons. The summed E-state index contributed by atoms with van der Waals surface area (Å²) in [5, 5.41) is 0. The van der Waals surface area contributed by atoms with Crippen LogP contribution in [0, 0.1) is 17.3 Å². The SMILES string of the molecule is CCCC(C)OC(=O)OC(OC(=O)OCC(C)CC)(OC(=O)OOC(=O)OCCC(C)C)C(C)(C)C. The number of rotatable bonds is 12. The van der Waals surface area contributed by atoms with Crippen LogP contribution in [0.3, 0.4) is 0 Å². The molecule has 0 fully saturated rings. The van der Waals surface area contributed by atoms with Gasteiger partial charge in [-0.15, -0.1) is 0 Å². The maximum Gasteiger partial charge on any atom is 0.556 e. The van der Waals surface area contributed by atoms with Crippen LogP contribution in [-0.2, 0) is 38.2 Å². The van der Waals surface area contributed by atoms with E-state index in [-0.39, 0.29) is 25.0 Å². The van der Waals surface area contributed by atoms with Gasteiger partial charge >= 0.3 is 30.6 Å². The molecule has 0 saturated heterocycles. The first-order valence-corrected chi connectivity index (χ1v) is 12.1. The van der Waals surface area contributed by atoms with Crippen molar-refractivity contribution in [3.63, 3.8) is 0 Å². The molecule has 0 heterocycles. The van der Waals surface area contributed by atoms with E-state index in [0.717, 1.165) is 12.8 Å². The Morgan fingerprint density at radius 3 is 1.81 bits per heavy atom. The molecule has 12 nitrogen and oxygen atoms in total. The molecule has 36 heavy (non-hydrogen) atoms. The van der Waals surface area contributed by atoms with Gasteiger partial charge in [0.25, 0.3) is 0 Å². The molecule has 0 aliphatic heterocycles. The molecule has 0 bridgehead atoms. The molecule has 0 aliphatic carbocycles. The third kappa shape index (κ3) is 13.2. The largest absolute Gasteiger partial charge is 0.556 e. The maximum absolute atomic E-state index is 12.5. The molecule has 0 aromatic heterocycles. The van der Waals surface area contributed by atoms with Gasteiger partial charge in [0.1, 0.15) is 6.10 Å². The van der Waals surface area contributed by atoms with Crippen LogP contribution in [0.4, 0.5) is 19.2 Å². The van der Waals surface area contributed by atoms with Crippen LogP contribution in [0.2, 0.25) is 0 Å². The van der Waals surface area contributed by atoms with Gasteiger partial charge in [0.15, 0.2) is 0 Å². The Balaban J connectivity index is 5.59. The van der Waals surface area contributed by atoms with Gasteiger partial charge < -0.3 is 28.4 Å². The van der Waals surface area contributed by atoms with Gasteiger partial charge in [-0.05, 0) is 52.4 Å². The highest BCUT2D eigenvalue weighted by Crippen LogP contribution is 2.38. The minimum atomic E-state index is -2.70. The molecular weight excluding hydrogens is 480 g/mol. The fourth-order valence-corrected chi connectivity index (χ4v) is 2.35. The van der Waals surface area contributed by atoms with Crippen molar-refractivity contribution in [1.29, 1.82) is 0 Å². The van der Waals surface area contributed by atoms with Gasteiger partial charge in [0.05, 0.1) is 18.6 Å². The average Bonchev–Trinajstić information content (AvgIpc) is 2.74. The smallest absolute Gasteiger partial charge is 0.434 e. The summed E-state index contributed by atoms with van der Waals surface area (Å²) in [5.41, 5.74) is -1.38. The summed E-state index contributed by atoms with van der Waals surface area (Å²) in [6.07, 6.45) is -3.49. The second-order valence-electron chi connectivity index (χ2n) is 9.85. The van der Waals surface area contributed by atoms with Crippen molar-refractivity contribution in [2.75, 3.05) is 13.2 Å². The second-order valence-corrected chi connectivity index (χ2v) is 9.85. The second kappa shape index (κ2) is 15.9. The van der Waals surface area contributed by atoms with Crippen molar-refractivity contribution in [2.45, 2.75) is 100 Å². The predicted molar refractivity (Wildman–Crippen MR) is 125 cm³/mol. The normalized spacial score (nSPS) is 14.5. The fraction of sp³-hybridized carbons (Fsp3) is 0.833. The first-order valence-electron chi connectivity index (χ1n) is 12.1. The fourth-order valence-electron chi connectivity index (χ4n) is 2.35. The molecule has 0 N–H and O–H groups in total. The van der Waals surface area contributed by atoms with Crippen molar-refractivity contribution in [3.05, 3.63) is 0 Å². The van der Waals surface area contributed by atoms with E-state index in [0.29, 0.717) is 12.8 Å². The zero-order valence-corrected chi connectivity index (χ0v) is 22.9. The lowest BCUT2D eigenvalue weighted by Crippen LogP contribution is -2.54. The summed E-state index contributed by atoms with van der Waals surface area (Å²) in [6.45, 7) is 15.5. The van der Waals surface area contributed by atoms with Crippen LogP contribution in [0.25, 0.3) is 0 Å². The van der Waals surface area contributed by atoms with Crippen LogP contribution >= 0.6 is 0 Å². The minimum absolute atomic E-state index is 0.00329. The summed E-state index contributed by atoms with van der Waals surface area (Å²) in [4.78, 5) is 57.5. The van der Waals surface area contributed by atoms with E-state index >= 15 is 0 Å². The van der Waals surface area contributed by atoms with E-state index in [9.17, 15) is 19.2 Å². The molecule has 0 radical (unpaired) electrons. The zero-order chi connectivity index (χ0) is 27.9. The zero-order valence-electron chi connectivity index (χ0n) is 22.9. The van der Waals surface area contributed by atoms with Crippen molar-refractivity contribution in [1.82, 2.24) is 0 Å². The lowest BCUT2D eigenvalue weighted by Gasteiger charge is -2.38. The van der Waals surface area contributed by atoms with E-state index < -0.39 is 42.1 Å². The molecule has 0 amide bonds. The number of carbonyl (C=O) groups is 4. The third-order valence-electron chi connectivity index (χ3n) is 4.84. The van der Waals surface area contributed by atoms with E-state index in [4.69, 9.17) is 28.4 Å². The quantitative estimate of drug-likeness (QED) is 0.0907. The summed E-state index contributed by atoms with van der Waals surface area (Å²) < 4.78 is 30.5. The summed E-state index contributed by atoms with van der Waals surface area (Å²) in [7, 11) is 0. The Kier molecular flexibility index (Phi) is 14.7. The van der Waals surface area contributed by atoms with Gasteiger partial charge in [0.2, 0.25) is 0 Å². The minimum Gasteiger partial charge on any atom is -0.434 e. The van der Waals surface area contributed by atoms with Gasteiger partial charge in [0, 0.05) is 0 Å². The van der Waals surface area contributed by atoms with Crippen LogP contribution in [0.1, 0.15) is 88.0 Å². The van der Waals surface area contributed by atoms with E-state index in [1.165, 1.54) is 20.8 Å². The van der Waals surface area contributed by atoms with Crippen LogP contribution in [-0.4, -0.2) is 49.9 Å². The van der Waals surface area contributed by atoms with E-state index in [2.05, 4.69) is 9.78 Å². The Hall–Kier alpha value is -2.92. The first-order chi connectivity index (χ1) is 16.7. The molecule has 0 aromatic carbocycles. The van der Waals surface area contributed by atoms with Crippen LogP contribution in [0.5, 0.6) is 0 Å². The van der Waals surface area contributed by atoms with Crippen LogP contribution in [0.15, 0.2) is 0 Å². The summed E-state index contributed by atoms with van der Waals surface area (Å²) in [5.74, 6) is -2.42. The van der Waals surface area contributed by atoms with Crippen molar-refractivity contribution in [2.24, 2.45) is 17.3 Å². The molecule has 3 atom stereocenters. The lowest BCUT2D eigenvalue weighted by molar-refractivity contribution is -0.375. The maximum atomic E-state index is 12.5.